The van der Waals surface area contributed by atoms with Gasteiger partial charge in [-0.3, -0.25) is 4.90 Å². The van der Waals surface area contributed by atoms with Gasteiger partial charge < -0.3 is 4.74 Å². The van der Waals surface area contributed by atoms with Gasteiger partial charge in [-0.05, 0) is 19.5 Å². The van der Waals surface area contributed by atoms with Crippen molar-refractivity contribution < 1.29 is 4.74 Å². The van der Waals surface area contributed by atoms with Crippen LogP contribution in [0.1, 0.15) is 18.1 Å². The summed E-state index contributed by atoms with van der Waals surface area (Å²) in [7, 11) is 0. The number of ether oxygens (including phenoxy) is 1. The standard InChI is InChI=1S/C11H15NO/c1-3-12-7-10-6-9(2)4-5-11(10)13-8-12/h4-6H,3,7-8H2,1-2H3. The van der Waals surface area contributed by atoms with Gasteiger partial charge in [0.25, 0.3) is 0 Å². The van der Waals surface area contributed by atoms with Gasteiger partial charge in [-0.25, -0.2) is 0 Å². The summed E-state index contributed by atoms with van der Waals surface area (Å²) in [6.07, 6.45) is 0. The first-order valence-electron chi connectivity index (χ1n) is 4.74. The van der Waals surface area contributed by atoms with Crippen molar-refractivity contribution in [2.75, 3.05) is 13.3 Å². The lowest BCUT2D eigenvalue weighted by Gasteiger charge is -2.27. The summed E-state index contributed by atoms with van der Waals surface area (Å²) in [4.78, 5) is 2.28. The van der Waals surface area contributed by atoms with Crippen molar-refractivity contribution in [3.63, 3.8) is 0 Å². The molecule has 0 atom stereocenters. The van der Waals surface area contributed by atoms with Gasteiger partial charge in [0, 0.05) is 12.1 Å². The highest BCUT2D eigenvalue weighted by molar-refractivity contribution is 5.37. The minimum atomic E-state index is 0.729. The van der Waals surface area contributed by atoms with Gasteiger partial charge in [-0.2, -0.15) is 0 Å². The Bertz CT molecular complexity index is 309. The Morgan fingerprint density at radius 3 is 3.08 bits per heavy atom. The van der Waals surface area contributed by atoms with E-state index in [1.807, 2.05) is 0 Å². The number of rotatable bonds is 1. The van der Waals surface area contributed by atoms with Crippen LogP contribution in [0.3, 0.4) is 0 Å². The van der Waals surface area contributed by atoms with Gasteiger partial charge in [-0.15, -0.1) is 0 Å². The van der Waals surface area contributed by atoms with Crippen LogP contribution in [0.25, 0.3) is 0 Å². The van der Waals surface area contributed by atoms with Gasteiger partial charge >= 0.3 is 0 Å². The number of hydrogen-bond donors (Lipinski definition) is 0. The molecule has 2 heteroatoms. The molecule has 0 saturated carbocycles. The summed E-state index contributed by atoms with van der Waals surface area (Å²) >= 11 is 0. The van der Waals surface area contributed by atoms with Crippen molar-refractivity contribution in [3.8, 4) is 5.75 Å². The molecule has 0 bridgehead atoms. The maximum absolute atomic E-state index is 5.61. The number of nitrogens with zero attached hydrogens (tertiary/aromatic N) is 1. The molecule has 0 saturated heterocycles. The fourth-order valence-electron chi connectivity index (χ4n) is 1.62. The van der Waals surface area contributed by atoms with Crippen LogP contribution in [-0.2, 0) is 6.54 Å². The van der Waals surface area contributed by atoms with Gasteiger partial charge in [0.05, 0.1) is 0 Å². The third kappa shape index (κ3) is 1.68. The van der Waals surface area contributed by atoms with Crippen molar-refractivity contribution in [3.05, 3.63) is 29.3 Å². The highest BCUT2D eigenvalue weighted by Gasteiger charge is 2.14. The maximum Gasteiger partial charge on any atom is 0.142 e. The SMILES string of the molecule is CCN1COc2ccc(C)cc2C1. The van der Waals surface area contributed by atoms with Crippen LogP contribution in [0.2, 0.25) is 0 Å². The van der Waals surface area contributed by atoms with Crippen molar-refractivity contribution in [1.82, 2.24) is 4.90 Å². The van der Waals surface area contributed by atoms with Gasteiger partial charge in [0.15, 0.2) is 0 Å². The second-order valence-corrected chi connectivity index (χ2v) is 3.53. The summed E-state index contributed by atoms with van der Waals surface area (Å²) in [5, 5.41) is 0. The van der Waals surface area contributed by atoms with E-state index in [-0.39, 0.29) is 0 Å². The van der Waals surface area contributed by atoms with Crippen molar-refractivity contribution in [2.45, 2.75) is 20.4 Å². The van der Waals surface area contributed by atoms with E-state index in [0.29, 0.717) is 0 Å². The highest BCUT2D eigenvalue weighted by Crippen LogP contribution is 2.25. The molecule has 0 aliphatic carbocycles. The molecular formula is C11H15NO. The average Bonchev–Trinajstić information content (AvgIpc) is 2.16. The molecule has 0 fully saturated rings. The van der Waals surface area contributed by atoms with Crippen LogP contribution in [0.4, 0.5) is 0 Å². The monoisotopic (exact) mass is 177 g/mol. The molecular weight excluding hydrogens is 162 g/mol. The van der Waals surface area contributed by atoms with Crippen LogP contribution in [0.15, 0.2) is 18.2 Å². The Balaban J connectivity index is 2.27. The molecule has 13 heavy (non-hydrogen) atoms. The predicted molar refractivity (Wildman–Crippen MR) is 52.8 cm³/mol. The van der Waals surface area contributed by atoms with E-state index < -0.39 is 0 Å². The molecule has 1 aliphatic rings. The third-order valence-electron chi connectivity index (χ3n) is 2.46. The normalized spacial score (nSPS) is 16.5. The Labute approximate surface area is 79.1 Å². The lowest BCUT2D eigenvalue weighted by Crippen LogP contribution is -2.31. The largest absolute Gasteiger partial charge is 0.478 e. The first kappa shape index (κ1) is 8.57. The van der Waals surface area contributed by atoms with Crippen molar-refractivity contribution in [1.29, 1.82) is 0 Å². The second-order valence-electron chi connectivity index (χ2n) is 3.53. The minimum absolute atomic E-state index is 0.729. The Hall–Kier alpha value is -1.02. The van der Waals surface area contributed by atoms with Crippen LogP contribution in [0.5, 0.6) is 5.75 Å². The van der Waals surface area contributed by atoms with Crippen LogP contribution >= 0.6 is 0 Å². The van der Waals surface area contributed by atoms with E-state index in [1.54, 1.807) is 0 Å². The molecule has 0 N–H and O–H groups in total. The zero-order chi connectivity index (χ0) is 9.26. The van der Waals surface area contributed by atoms with Crippen LogP contribution in [0, 0.1) is 6.92 Å². The summed E-state index contributed by atoms with van der Waals surface area (Å²) < 4.78 is 5.61. The molecule has 70 valence electrons. The predicted octanol–water partition coefficient (Wildman–Crippen LogP) is 2.17. The fraction of sp³-hybridized carbons (Fsp3) is 0.455. The van der Waals surface area contributed by atoms with Gasteiger partial charge in [0.2, 0.25) is 0 Å². The zero-order valence-corrected chi connectivity index (χ0v) is 8.21. The molecule has 1 heterocycles. The van der Waals surface area contributed by atoms with E-state index in [9.17, 15) is 0 Å². The first-order chi connectivity index (χ1) is 6.29. The Morgan fingerprint density at radius 2 is 2.31 bits per heavy atom. The molecule has 0 unspecified atom stereocenters. The molecule has 2 rings (SSSR count). The van der Waals surface area contributed by atoms with E-state index in [2.05, 4.69) is 36.9 Å². The molecule has 0 amide bonds. The maximum atomic E-state index is 5.61. The lowest BCUT2D eigenvalue weighted by atomic mass is 10.1. The van der Waals surface area contributed by atoms with E-state index in [1.165, 1.54) is 11.1 Å². The fourth-order valence-corrected chi connectivity index (χ4v) is 1.62. The van der Waals surface area contributed by atoms with E-state index in [4.69, 9.17) is 4.74 Å². The van der Waals surface area contributed by atoms with Crippen molar-refractivity contribution in [2.24, 2.45) is 0 Å². The number of fused-ring (bicyclic) bond motifs is 1. The Morgan fingerprint density at radius 1 is 1.46 bits per heavy atom. The molecule has 0 radical (unpaired) electrons. The smallest absolute Gasteiger partial charge is 0.142 e. The number of hydrogen-bond acceptors (Lipinski definition) is 2. The Kier molecular flexibility index (Phi) is 2.23. The summed E-state index contributed by atoms with van der Waals surface area (Å²) in [5.74, 6) is 1.05. The molecule has 2 nitrogen and oxygen atoms in total. The highest BCUT2D eigenvalue weighted by atomic mass is 16.5. The van der Waals surface area contributed by atoms with E-state index >= 15 is 0 Å². The quantitative estimate of drug-likeness (QED) is 0.651. The second kappa shape index (κ2) is 3.38. The molecule has 1 aliphatic heterocycles. The topological polar surface area (TPSA) is 12.5 Å². The van der Waals surface area contributed by atoms with Gasteiger partial charge in [-0.1, -0.05) is 24.6 Å². The molecule has 0 aromatic heterocycles. The minimum Gasteiger partial charge on any atom is -0.478 e. The first-order valence-corrected chi connectivity index (χ1v) is 4.74. The van der Waals surface area contributed by atoms with Crippen LogP contribution < -0.4 is 4.74 Å². The molecule has 1 aromatic carbocycles. The molecule has 0 spiro atoms. The summed E-state index contributed by atoms with van der Waals surface area (Å²) in [6.45, 7) is 7.07. The summed E-state index contributed by atoms with van der Waals surface area (Å²) in [5.41, 5.74) is 2.62. The average molecular weight is 177 g/mol. The summed E-state index contributed by atoms with van der Waals surface area (Å²) in [6, 6.07) is 6.37. The van der Waals surface area contributed by atoms with Gasteiger partial charge in [0.1, 0.15) is 12.5 Å². The third-order valence-corrected chi connectivity index (χ3v) is 2.46. The van der Waals surface area contributed by atoms with E-state index in [0.717, 1.165) is 25.6 Å². The number of aryl methyl sites for hydroxylation is 1. The van der Waals surface area contributed by atoms with Crippen molar-refractivity contribution >= 4 is 0 Å². The zero-order valence-electron chi connectivity index (χ0n) is 8.21. The number of benzene rings is 1. The lowest BCUT2D eigenvalue weighted by molar-refractivity contribution is 0.101. The van der Waals surface area contributed by atoms with Crippen LogP contribution in [-0.4, -0.2) is 18.2 Å². The molecule has 1 aromatic rings.